The fourth-order valence-corrected chi connectivity index (χ4v) is 2.09. The molecule has 0 bridgehead atoms. The van der Waals surface area contributed by atoms with E-state index in [-0.39, 0.29) is 17.1 Å². The van der Waals surface area contributed by atoms with Crippen molar-refractivity contribution in [2.45, 2.75) is 6.92 Å². The molecular weight excluding hydrogens is 324 g/mol. The number of nitrogens with zero attached hydrogens (tertiary/aromatic N) is 3. The first kappa shape index (κ1) is 14.3. The van der Waals surface area contributed by atoms with Crippen LogP contribution in [0.3, 0.4) is 0 Å². The van der Waals surface area contributed by atoms with Crippen molar-refractivity contribution in [3.8, 4) is 5.75 Å². The third kappa shape index (κ3) is 2.57. The lowest BCUT2D eigenvalue weighted by Gasteiger charge is -2.08. The number of aromatic nitrogens is 2. The van der Waals surface area contributed by atoms with Gasteiger partial charge in [-0.1, -0.05) is 12.1 Å². The van der Waals surface area contributed by atoms with E-state index in [1.54, 1.807) is 19.1 Å². The first-order valence-corrected chi connectivity index (χ1v) is 6.57. The van der Waals surface area contributed by atoms with Gasteiger partial charge in [-0.05, 0) is 35.0 Å². The molecule has 0 aliphatic rings. The van der Waals surface area contributed by atoms with Crippen LogP contribution in [0.15, 0.2) is 38.5 Å². The molecule has 2 rings (SSSR count). The van der Waals surface area contributed by atoms with Crippen LogP contribution < -0.4 is 11.3 Å². The van der Waals surface area contributed by atoms with Crippen LogP contribution >= 0.6 is 15.9 Å². The predicted octanol–water partition coefficient (Wildman–Crippen LogP) is 1.59. The highest BCUT2D eigenvalue weighted by molar-refractivity contribution is 9.10. The second kappa shape index (κ2) is 5.46. The zero-order chi connectivity index (χ0) is 14.9. The highest BCUT2D eigenvalue weighted by Crippen LogP contribution is 2.25. The number of aromatic hydroxyl groups is 1. The van der Waals surface area contributed by atoms with Crippen LogP contribution in [0.1, 0.15) is 11.3 Å². The van der Waals surface area contributed by atoms with Crippen molar-refractivity contribution < 1.29 is 5.11 Å². The maximum atomic E-state index is 12.0. The molecule has 0 saturated heterocycles. The number of aliphatic imine (C=N–C) groups is 1. The van der Waals surface area contributed by atoms with Gasteiger partial charge in [0.15, 0.2) is 5.75 Å². The molecule has 0 atom stereocenters. The third-order valence-corrected chi connectivity index (χ3v) is 3.41. The first-order valence-electron chi connectivity index (χ1n) is 5.77. The number of nitrogens with two attached hydrogens (primary N) is 1. The van der Waals surface area contributed by atoms with Gasteiger partial charge < -0.3 is 10.8 Å². The largest absolute Gasteiger partial charge is 0.505 e. The van der Waals surface area contributed by atoms with Gasteiger partial charge >= 0.3 is 0 Å². The van der Waals surface area contributed by atoms with E-state index in [9.17, 15) is 9.90 Å². The van der Waals surface area contributed by atoms with Gasteiger partial charge in [0.2, 0.25) is 0 Å². The molecule has 0 aliphatic heterocycles. The Hall–Kier alpha value is -2.15. The average Bonchev–Trinajstić information content (AvgIpc) is 2.39. The van der Waals surface area contributed by atoms with Crippen molar-refractivity contribution in [2.75, 3.05) is 0 Å². The minimum Gasteiger partial charge on any atom is -0.505 e. The topological polar surface area (TPSA) is 93.5 Å². The SMILES string of the molecule is Cc1nn(C)c(=O)c(C(N)=Nc2ccccc2Br)c1O. The van der Waals surface area contributed by atoms with Crippen molar-refractivity contribution in [1.29, 1.82) is 0 Å². The van der Waals surface area contributed by atoms with Crippen molar-refractivity contribution >= 4 is 27.5 Å². The van der Waals surface area contributed by atoms with Crippen molar-refractivity contribution in [2.24, 2.45) is 17.8 Å². The molecule has 0 unspecified atom stereocenters. The second-order valence-electron chi connectivity index (χ2n) is 4.19. The number of aryl methyl sites for hydroxylation is 2. The molecule has 20 heavy (non-hydrogen) atoms. The molecule has 7 heteroatoms. The minimum absolute atomic E-state index is 0.0456. The van der Waals surface area contributed by atoms with E-state index in [1.165, 1.54) is 7.05 Å². The lowest BCUT2D eigenvalue weighted by atomic mass is 10.2. The summed E-state index contributed by atoms with van der Waals surface area (Å²) in [6, 6.07) is 7.19. The van der Waals surface area contributed by atoms with Crippen LogP contribution in [0, 0.1) is 6.92 Å². The Morgan fingerprint density at radius 3 is 2.75 bits per heavy atom. The van der Waals surface area contributed by atoms with Gasteiger partial charge in [-0.3, -0.25) is 4.79 Å². The Morgan fingerprint density at radius 2 is 2.10 bits per heavy atom. The van der Waals surface area contributed by atoms with E-state index in [4.69, 9.17) is 5.73 Å². The number of hydrogen-bond donors (Lipinski definition) is 2. The summed E-state index contributed by atoms with van der Waals surface area (Å²) in [7, 11) is 1.49. The Labute approximate surface area is 123 Å². The molecule has 6 nitrogen and oxygen atoms in total. The highest BCUT2D eigenvalue weighted by atomic mass is 79.9. The van der Waals surface area contributed by atoms with E-state index < -0.39 is 5.56 Å². The highest BCUT2D eigenvalue weighted by Gasteiger charge is 2.16. The number of amidine groups is 1. The van der Waals surface area contributed by atoms with Crippen LogP contribution in [0.25, 0.3) is 0 Å². The van der Waals surface area contributed by atoms with E-state index in [0.29, 0.717) is 11.4 Å². The molecule has 1 aromatic carbocycles. The van der Waals surface area contributed by atoms with Crippen LogP contribution in [0.5, 0.6) is 5.75 Å². The lowest BCUT2D eigenvalue weighted by Crippen LogP contribution is -2.31. The summed E-state index contributed by atoms with van der Waals surface area (Å²) < 4.78 is 1.86. The van der Waals surface area contributed by atoms with Crippen molar-refractivity contribution in [1.82, 2.24) is 9.78 Å². The summed E-state index contributed by atoms with van der Waals surface area (Å²) in [6.07, 6.45) is 0. The van der Waals surface area contributed by atoms with Gasteiger partial charge in [0, 0.05) is 11.5 Å². The summed E-state index contributed by atoms with van der Waals surface area (Å²) in [5, 5.41) is 13.8. The van der Waals surface area contributed by atoms with E-state index in [2.05, 4.69) is 26.0 Å². The molecule has 1 heterocycles. The fourth-order valence-electron chi connectivity index (χ4n) is 1.72. The van der Waals surface area contributed by atoms with Crippen molar-refractivity contribution in [3.05, 3.63) is 50.3 Å². The van der Waals surface area contributed by atoms with Gasteiger partial charge in [0.1, 0.15) is 17.1 Å². The van der Waals surface area contributed by atoms with Crippen LogP contribution in [0.2, 0.25) is 0 Å². The molecule has 0 fully saturated rings. The summed E-state index contributed by atoms with van der Waals surface area (Å²) in [4.78, 5) is 16.2. The molecule has 1 aromatic heterocycles. The lowest BCUT2D eigenvalue weighted by molar-refractivity contribution is 0.456. The zero-order valence-electron chi connectivity index (χ0n) is 11.0. The van der Waals surface area contributed by atoms with Crippen molar-refractivity contribution in [3.63, 3.8) is 0 Å². The quantitative estimate of drug-likeness (QED) is 0.643. The molecule has 0 amide bonds. The molecule has 0 saturated carbocycles. The predicted molar refractivity (Wildman–Crippen MR) is 80.4 cm³/mol. The number of hydrogen-bond acceptors (Lipinski definition) is 4. The Morgan fingerprint density at radius 1 is 1.45 bits per heavy atom. The first-order chi connectivity index (χ1) is 9.41. The summed E-state index contributed by atoms with van der Waals surface area (Å²) in [5.74, 6) is -0.304. The van der Waals surface area contributed by atoms with Crippen LogP contribution in [-0.2, 0) is 7.05 Å². The summed E-state index contributed by atoms with van der Waals surface area (Å²) in [5.41, 5.74) is 6.20. The molecule has 0 spiro atoms. The molecule has 0 aliphatic carbocycles. The van der Waals surface area contributed by atoms with E-state index >= 15 is 0 Å². The van der Waals surface area contributed by atoms with Crippen LogP contribution in [-0.4, -0.2) is 20.7 Å². The maximum absolute atomic E-state index is 12.0. The average molecular weight is 337 g/mol. The maximum Gasteiger partial charge on any atom is 0.281 e. The molecule has 0 radical (unpaired) electrons. The Bertz CT molecular complexity index is 753. The number of rotatable bonds is 2. The molecule has 3 N–H and O–H groups in total. The molecular formula is C13H13BrN4O2. The summed E-state index contributed by atoms with van der Waals surface area (Å²) >= 11 is 3.34. The van der Waals surface area contributed by atoms with Gasteiger partial charge in [-0.25, -0.2) is 9.67 Å². The Kier molecular flexibility index (Phi) is 3.89. The molecule has 2 aromatic rings. The van der Waals surface area contributed by atoms with E-state index in [0.717, 1.165) is 9.15 Å². The number of benzene rings is 1. The number of para-hydroxylation sites is 1. The summed E-state index contributed by atoms with van der Waals surface area (Å²) in [6.45, 7) is 1.59. The van der Waals surface area contributed by atoms with E-state index in [1.807, 2.05) is 12.1 Å². The zero-order valence-corrected chi connectivity index (χ0v) is 12.5. The van der Waals surface area contributed by atoms with Gasteiger partial charge in [0.05, 0.1) is 5.69 Å². The smallest absolute Gasteiger partial charge is 0.281 e. The second-order valence-corrected chi connectivity index (χ2v) is 5.04. The normalized spacial score (nSPS) is 11.7. The van der Waals surface area contributed by atoms with Gasteiger partial charge in [0.25, 0.3) is 5.56 Å². The number of halogens is 1. The van der Waals surface area contributed by atoms with Gasteiger partial charge in [-0.2, -0.15) is 5.10 Å². The van der Waals surface area contributed by atoms with Gasteiger partial charge in [-0.15, -0.1) is 0 Å². The third-order valence-electron chi connectivity index (χ3n) is 2.74. The van der Waals surface area contributed by atoms with Crippen LogP contribution in [0.4, 0.5) is 5.69 Å². The molecule has 104 valence electrons. The Balaban J connectivity index is 2.63. The monoisotopic (exact) mass is 336 g/mol. The fraction of sp³-hybridized carbons (Fsp3) is 0.154. The minimum atomic E-state index is -0.499. The standard InChI is InChI=1S/C13H13BrN4O2/c1-7-11(19)10(13(20)18(2)17-7)12(15)16-9-6-4-3-5-8(9)14/h3-6,19H,1-2H3,(H2,15,16).